The smallest absolute Gasteiger partial charge is 0.261 e. The number of benzene rings is 1. The zero-order valence-corrected chi connectivity index (χ0v) is 11.2. The average Bonchev–Trinajstić information content (AvgIpc) is 2.56. The normalized spacial score (nSPS) is 17.8. The van der Waals surface area contributed by atoms with Crippen molar-refractivity contribution < 1.29 is 8.42 Å². The zero-order chi connectivity index (χ0) is 12.3. The van der Waals surface area contributed by atoms with E-state index >= 15 is 0 Å². The highest BCUT2D eigenvalue weighted by molar-refractivity contribution is 8.13. The Kier molecular flexibility index (Phi) is 3.94. The van der Waals surface area contributed by atoms with Crippen LogP contribution in [0.5, 0.6) is 0 Å². The Morgan fingerprint density at radius 3 is 2.29 bits per heavy atom. The molecule has 0 spiro atoms. The first-order chi connectivity index (χ1) is 8.07. The van der Waals surface area contributed by atoms with Crippen LogP contribution in [0.3, 0.4) is 0 Å². The summed E-state index contributed by atoms with van der Waals surface area (Å²) < 4.78 is 22.6. The van der Waals surface area contributed by atoms with E-state index in [0.29, 0.717) is 0 Å². The average molecular weight is 274 g/mol. The summed E-state index contributed by atoms with van der Waals surface area (Å²) in [5, 5.41) is 0. The van der Waals surface area contributed by atoms with Crippen molar-refractivity contribution in [1.29, 1.82) is 0 Å². The van der Waals surface area contributed by atoms with Crippen LogP contribution >= 0.6 is 10.7 Å². The topological polar surface area (TPSA) is 37.4 Å². The van der Waals surface area contributed by atoms with Crippen LogP contribution in [0.15, 0.2) is 29.2 Å². The molecule has 0 unspecified atom stereocenters. The molecule has 5 heteroatoms. The van der Waals surface area contributed by atoms with E-state index in [1.54, 1.807) is 12.1 Å². The maximum absolute atomic E-state index is 11.3. The van der Waals surface area contributed by atoms with Crippen molar-refractivity contribution in [3.63, 3.8) is 0 Å². The molecule has 0 radical (unpaired) electrons. The lowest BCUT2D eigenvalue weighted by molar-refractivity contribution is 0.609. The molecule has 0 aromatic heterocycles. The van der Waals surface area contributed by atoms with E-state index in [1.165, 1.54) is 18.9 Å². The van der Waals surface area contributed by atoms with Gasteiger partial charge in [-0.15, -0.1) is 0 Å². The van der Waals surface area contributed by atoms with Gasteiger partial charge in [0.25, 0.3) is 9.05 Å². The summed E-state index contributed by atoms with van der Waals surface area (Å²) in [6.45, 7) is 1.98. The third-order valence-corrected chi connectivity index (χ3v) is 4.42. The van der Waals surface area contributed by atoms with Crippen molar-refractivity contribution in [1.82, 2.24) is 0 Å². The molecule has 94 valence electrons. The molecule has 1 heterocycles. The molecule has 1 aromatic rings. The molecule has 0 amide bonds. The van der Waals surface area contributed by atoms with E-state index in [9.17, 15) is 8.42 Å². The molecule has 1 saturated heterocycles. The molecule has 1 fully saturated rings. The van der Waals surface area contributed by atoms with Crippen LogP contribution in [-0.4, -0.2) is 21.5 Å². The van der Waals surface area contributed by atoms with Crippen molar-refractivity contribution >= 4 is 25.4 Å². The number of halogens is 1. The lowest BCUT2D eigenvalue weighted by Gasteiger charge is -2.22. The predicted molar refractivity (Wildman–Crippen MR) is 70.2 cm³/mol. The van der Waals surface area contributed by atoms with Gasteiger partial charge in [0.1, 0.15) is 0 Å². The maximum Gasteiger partial charge on any atom is 0.261 e. The van der Waals surface area contributed by atoms with Crippen LogP contribution in [0.4, 0.5) is 5.69 Å². The van der Waals surface area contributed by atoms with Crippen LogP contribution in [0.2, 0.25) is 0 Å². The zero-order valence-electron chi connectivity index (χ0n) is 9.60. The molecule has 0 aliphatic carbocycles. The minimum absolute atomic E-state index is 0.181. The Balaban J connectivity index is 2.26. The van der Waals surface area contributed by atoms with Gasteiger partial charge in [-0.05, 0) is 31.0 Å². The molecule has 1 aliphatic heterocycles. The SMILES string of the molecule is O=S(=O)(Cl)c1cccc(N2CCCCCC2)c1. The second-order valence-corrected chi connectivity index (χ2v) is 6.90. The van der Waals surface area contributed by atoms with Crippen molar-refractivity contribution in [2.75, 3.05) is 18.0 Å². The number of hydrogen-bond acceptors (Lipinski definition) is 3. The summed E-state index contributed by atoms with van der Waals surface area (Å²) in [5.74, 6) is 0. The Labute approximate surface area is 107 Å². The van der Waals surface area contributed by atoms with Crippen LogP contribution in [0.25, 0.3) is 0 Å². The summed E-state index contributed by atoms with van der Waals surface area (Å²) in [7, 11) is 1.73. The van der Waals surface area contributed by atoms with E-state index < -0.39 is 9.05 Å². The third kappa shape index (κ3) is 3.36. The van der Waals surface area contributed by atoms with Gasteiger partial charge >= 0.3 is 0 Å². The summed E-state index contributed by atoms with van der Waals surface area (Å²) in [6.07, 6.45) is 4.84. The van der Waals surface area contributed by atoms with Crippen molar-refractivity contribution in [2.24, 2.45) is 0 Å². The van der Waals surface area contributed by atoms with Crippen molar-refractivity contribution in [3.8, 4) is 0 Å². The van der Waals surface area contributed by atoms with Gasteiger partial charge in [-0.2, -0.15) is 0 Å². The highest BCUT2D eigenvalue weighted by Gasteiger charge is 2.14. The fraction of sp³-hybridized carbons (Fsp3) is 0.500. The molecular formula is C12H16ClNO2S. The minimum Gasteiger partial charge on any atom is -0.372 e. The standard InChI is InChI=1S/C12H16ClNO2S/c13-17(15,16)12-7-5-6-11(10-12)14-8-3-1-2-4-9-14/h5-7,10H,1-4,8-9H2. The van der Waals surface area contributed by atoms with Crippen molar-refractivity contribution in [3.05, 3.63) is 24.3 Å². The molecule has 0 bridgehead atoms. The fourth-order valence-corrected chi connectivity index (χ4v) is 2.95. The summed E-state index contributed by atoms with van der Waals surface area (Å²) in [4.78, 5) is 2.42. The second kappa shape index (κ2) is 5.27. The van der Waals surface area contributed by atoms with E-state index in [1.807, 2.05) is 6.07 Å². The van der Waals surface area contributed by atoms with Gasteiger partial charge in [0.15, 0.2) is 0 Å². The number of hydrogen-bond donors (Lipinski definition) is 0. The Bertz CT molecular complexity index is 479. The maximum atomic E-state index is 11.3. The quantitative estimate of drug-likeness (QED) is 0.778. The van der Waals surface area contributed by atoms with Crippen molar-refractivity contribution in [2.45, 2.75) is 30.6 Å². The van der Waals surface area contributed by atoms with Gasteiger partial charge in [0, 0.05) is 29.5 Å². The number of nitrogens with zero attached hydrogens (tertiary/aromatic N) is 1. The molecule has 1 aromatic carbocycles. The van der Waals surface area contributed by atoms with E-state index in [2.05, 4.69) is 4.90 Å². The van der Waals surface area contributed by atoms with E-state index in [4.69, 9.17) is 10.7 Å². The molecule has 3 nitrogen and oxygen atoms in total. The lowest BCUT2D eigenvalue weighted by Crippen LogP contribution is -2.23. The van der Waals surface area contributed by atoms with Crippen LogP contribution in [0.1, 0.15) is 25.7 Å². The van der Waals surface area contributed by atoms with Crippen LogP contribution in [-0.2, 0) is 9.05 Å². The highest BCUT2D eigenvalue weighted by Crippen LogP contribution is 2.24. The predicted octanol–water partition coefficient (Wildman–Crippen LogP) is 2.99. The van der Waals surface area contributed by atoms with Gasteiger partial charge in [0.2, 0.25) is 0 Å². The van der Waals surface area contributed by atoms with Crippen LogP contribution in [0, 0.1) is 0 Å². The van der Waals surface area contributed by atoms with E-state index in [-0.39, 0.29) is 4.90 Å². The fourth-order valence-electron chi connectivity index (χ4n) is 2.16. The lowest BCUT2D eigenvalue weighted by atomic mass is 10.2. The third-order valence-electron chi connectivity index (χ3n) is 3.07. The molecule has 1 aliphatic rings. The number of anilines is 1. The van der Waals surface area contributed by atoms with Gasteiger partial charge in [0.05, 0.1) is 4.90 Å². The molecule has 0 atom stereocenters. The molecular weight excluding hydrogens is 258 g/mol. The summed E-state index contributed by atoms with van der Waals surface area (Å²) in [6, 6.07) is 6.88. The van der Waals surface area contributed by atoms with Gasteiger partial charge < -0.3 is 4.90 Å². The first-order valence-corrected chi connectivity index (χ1v) is 8.18. The Hall–Kier alpha value is -0.740. The molecule has 0 saturated carbocycles. The largest absolute Gasteiger partial charge is 0.372 e. The van der Waals surface area contributed by atoms with Crippen LogP contribution < -0.4 is 4.90 Å². The molecule has 17 heavy (non-hydrogen) atoms. The monoisotopic (exact) mass is 273 g/mol. The van der Waals surface area contributed by atoms with Gasteiger partial charge in [-0.1, -0.05) is 18.9 Å². The number of rotatable bonds is 2. The molecule has 2 rings (SSSR count). The van der Waals surface area contributed by atoms with Gasteiger partial charge in [-0.25, -0.2) is 8.42 Å². The minimum atomic E-state index is -3.63. The first-order valence-electron chi connectivity index (χ1n) is 5.87. The Morgan fingerprint density at radius 1 is 1.06 bits per heavy atom. The summed E-state index contributed by atoms with van der Waals surface area (Å²) in [5.41, 5.74) is 0.952. The van der Waals surface area contributed by atoms with E-state index in [0.717, 1.165) is 31.6 Å². The highest BCUT2D eigenvalue weighted by atomic mass is 35.7. The second-order valence-electron chi connectivity index (χ2n) is 4.34. The molecule has 0 N–H and O–H groups in total. The Morgan fingerprint density at radius 2 is 1.71 bits per heavy atom. The first kappa shape index (κ1) is 12.7. The van der Waals surface area contributed by atoms with Gasteiger partial charge in [-0.3, -0.25) is 0 Å². The summed E-state index contributed by atoms with van der Waals surface area (Å²) >= 11 is 0.